The van der Waals surface area contributed by atoms with Crippen LogP contribution in [0, 0.1) is 18.3 Å². The van der Waals surface area contributed by atoms with Gasteiger partial charge in [0.1, 0.15) is 6.07 Å². The van der Waals surface area contributed by atoms with Crippen molar-refractivity contribution in [3.05, 3.63) is 35.0 Å². The van der Waals surface area contributed by atoms with E-state index in [9.17, 15) is 14.9 Å². The highest BCUT2D eigenvalue weighted by Crippen LogP contribution is 2.31. The van der Waals surface area contributed by atoms with Crippen molar-refractivity contribution in [3.8, 4) is 6.07 Å². The number of aryl methyl sites for hydroxylation is 1. The van der Waals surface area contributed by atoms with E-state index >= 15 is 0 Å². The predicted molar refractivity (Wildman–Crippen MR) is 116 cm³/mol. The van der Waals surface area contributed by atoms with Crippen LogP contribution in [-0.2, 0) is 9.53 Å². The van der Waals surface area contributed by atoms with Crippen molar-refractivity contribution in [1.82, 2.24) is 9.97 Å². The summed E-state index contributed by atoms with van der Waals surface area (Å²) in [5.74, 6) is 0.0767. The highest BCUT2D eigenvalue weighted by molar-refractivity contribution is 5.96. The van der Waals surface area contributed by atoms with Crippen LogP contribution in [0.25, 0.3) is 0 Å². The zero-order valence-electron chi connectivity index (χ0n) is 17.8. The molecule has 2 amide bonds. The van der Waals surface area contributed by atoms with Gasteiger partial charge in [0, 0.05) is 39.0 Å². The Hall–Kier alpha value is -3.71. The molecule has 1 saturated heterocycles. The molecule has 1 fully saturated rings. The standard InChI is InChI=1S/C21H25N7O3/c1-13-8-16(19(23)30)14(10-22)9-17(13)25-21-24-11-18(27(2)3)20(26-21)28(12-29)15-4-6-31-7-5-15/h8-9,11-12,15H,4-7H2,1-3H3,(H2,23,30)(H,24,25,26). The molecule has 10 heteroatoms. The average molecular weight is 423 g/mol. The summed E-state index contributed by atoms with van der Waals surface area (Å²) < 4.78 is 5.41. The Morgan fingerprint density at radius 1 is 1.35 bits per heavy atom. The van der Waals surface area contributed by atoms with Crippen molar-refractivity contribution in [2.24, 2.45) is 5.73 Å². The van der Waals surface area contributed by atoms with Crippen LogP contribution in [0.4, 0.5) is 23.1 Å². The first-order valence-corrected chi connectivity index (χ1v) is 9.83. The van der Waals surface area contributed by atoms with Gasteiger partial charge in [-0.25, -0.2) is 4.98 Å². The molecule has 2 aromatic rings. The Morgan fingerprint density at radius 2 is 2.06 bits per heavy atom. The lowest BCUT2D eigenvalue weighted by molar-refractivity contribution is -0.108. The summed E-state index contributed by atoms with van der Waals surface area (Å²) in [7, 11) is 3.71. The van der Waals surface area contributed by atoms with Gasteiger partial charge in [-0.05, 0) is 37.5 Å². The second kappa shape index (κ2) is 9.40. The Bertz CT molecular complexity index is 1030. The summed E-state index contributed by atoms with van der Waals surface area (Å²) in [6.45, 7) is 2.96. The molecule has 0 spiro atoms. The van der Waals surface area contributed by atoms with E-state index in [4.69, 9.17) is 10.5 Å². The summed E-state index contributed by atoms with van der Waals surface area (Å²) in [5, 5.41) is 12.5. The van der Waals surface area contributed by atoms with Gasteiger partial charge >= 0.3 is 0 Å². The van der Waals surface area contributed by atoms with Gasteiger partial charge in [-0.15, -0.1) is 0 Å². The molecule has 10 nitrogen and oxygen atoms in total. The number of nitrogens with one attached hydrogen (secondary N) is 1. The number of carbonyl (C=O) groups is 2. The third-order valence-corrected chi connectivity index (χ3v) is 5.17. The molecule has 1 aliphatic rings. The van der Waals surface area contributed by atoms with Crippen LogP contribution in [-0.4, -0.2) is 55.6 Å². The van der Waals surface area contributed by atoms with E-state index in [0.717, 1.165) is 19.3 Å². The molecule has 162 valence electrons. The van der Waals surface area contributed by atoms with Crippen molar-refractivity contribution in [2.75, 3.05) is 42.4 Å². The molecular weight excluding hydrogens is 398 g/mol. The molecule has 1 aliphatic heterocycles. The van der Waals surface area contributed by atoms with Gasteiger partial charge in [0.15, 0.2) is 5.82 Å². The fraction of sp³-hybridized carbons (Fsp3) is 0.381. The monoisotopic (exact) mass is 423 g/mol. The van der Waals surface area contributed by atoms with E-state index in [0.29, 0.717) is 36.0 Å². The minimum atomic E-state index is -0.668. The molecule has 1 aromatic heterocycles. The fourth-order valence-electron chi connectivity index (χ4n) is 3.46. The summed E-state index contributed by atoms with van der Waals surface area (Å²) in [6.07, 6.45) is 3.86. The third kappa shape index (κ3) is 4.73. The van der Waals surface area contributed by atoms with E-state index in [1.165, 1.54) is 6.07 Å². The topological polar surface area (TPSA) is 137 Å². The first-order valence-electron chi connectivity index (χ1n) is 9.83. The summed E-state index contributed by atoms with van der Waals surface area (Å²) >= 11 is 0. The second-order valence-electron chi connectivity index (χ2n) is 7.47. The first-order chi connectivity index (χ1) is 14.8. The van der Waals surface area contributed by atoms with E-state index in [2.05, 4.69) is 15.3 Å². The van der Waals surface area contributed by atoms with Crippen LogP contribution in [0.1, 0.15) is 34.3 Å². The maximum atomic E-state index is 12.0. The number of benzene rings is 1. The van der Waals surface area contributed by atoms with Gasteiger partial charge in [0.25, 0.3) is 0 Å². The van der Waals surface area contributed by atoms with Crippen molar-refractivity contribution >= 4 is 35.5 Å². The van der Waals surface area contributed by atoms with Crippen molar-refractivity contribution in [3.63, 3.8) is 0 Å². The van der Waals surface area contributed by atoms with Crippen molar-refractivity contribution in [2.45, 2.75) is 25.8 Å². The number of anilines is 4. The lowest BCUT2D eigenvalue weighted by Gasteiger charge is -2.32. The van der Waals surface area contributed by atoms with Crippen LogP contribution in [0.3, 0.4) is 0 Å². The molecule has 0 unspecified atom stereocenters. The minimum Gasteiger partial charge on any atom is -0.381 e. The maximum absolute atomic E-state index is 12.0. The summed E-state index contributed by atoms with van der Waals surface area (Å²) in [5.41, 5.74) is 7.63. The van der Waals surface area contributed by atoms with Crippen LogP contribution in [0.5, 0.6) is 0 Å². The number of amides is 2. The van der Waals surface area contributed by atoms with Gasteiger partial charge in [-0.3, -0.25) is 14.5 Å². The SMILES string of the molecule is Cc1cc(C(N)=O)c(C#N)cc1Nc1ncc(N(C)C)c(N(C=O)C2CCOCC2)n1. The lowest BCUT2D eigenvalue weighted by atomic mass is 10.0. The number of nitrogens with two attached hydrogens (primary N) is 1. The number of hydrogen-bond donors (Lipinski definition) is 2. The van der Waals surface area contributed by atoms with Gasteiger partial charge < -0.3 is 20.7 Å². The highest BCUT2D eigenvalue weighted by atomic mass is 16.5. The van der Waals surface area contributed by atoms with Crippen molar-refractivity contribution < 1.29 is 14.3 Å². The maximum Gasteiger partial charge on any atom is 0.250 e. The Morgan fingerprint density at radius 3 is 2.65 bits per heavy atom. The summed E-state index contributed by atoms with van der Waals surface area (Å²) in [4.78, 5) is 36.0. The molecule has 0 bridgehead atoms. The number of rotatable bonds is 7. The number of aromatic nitrogens is 2. The number of nitriles is 1. The summed E-state index contributed by atoms with van der Waals surface area (Å²) in [6, 6.07) is 5.05. The average Bonchev–Trinajstić information content (AvgIpc) is 2.76. The normalized spacial score (nSPS) is 13.9. The number of primary amides is 1. The van der Waals surface area contributed by atoms with Crippen LogP contribution < -0.4 is 20.9 Å². The number of hydrogen-bond acceptors (Lipinski definition) is 8. The molecule has 0 saturated carbocycles. The Balaban J connectivity index is 2.00. The molecule has 1 aromatic carbocycles. The molecule has 0 radical (unpaired) electrons. The van der Waals surface area contributed by atoms with Gasteiger partial charge in [0.05, 0.1) is 23.0 Å². The van der Waals surface area contributed by atoms with Crippen molar-refractivity contribution in [1.29, 1.82) is 5.26 Å². The van der Waals surface area contributed by atoms with Crippen LogP contribution >= 0.6 is 0 Å². The Kier molecular flexibility index (Phi) is 6.67. The van der Waals surface area contributed by atoms with Crippen LogP contribution in [0.15, 0.2) is 18.3 Å². The zero-order valence-corrected chi connectivity index (χ0v) is 17.8. The molecule has 3 rings (SSSR count). The largest absolute Gasteiger partial charge is 0.381 e. The number of nitrogens with zero attached hydrogens (tertiary/aromatic N) is 5. The quantitative estimate of drug-likeness (QED) is 0.642. The van der Waals surface area contributed by atoms with Gasteiger partial charge in [-0.2, -0.15) is 10.2 Å². The van der Waals surface area contributed by atoms with E-state index in [1.807, 2.05) is 25.1 Å². The molecule has 31 heavy (non-hydrogen) atoms. The second-order valence-corrected chi connectivity index (χ2v) is 7.47. The van der Waals surface area contributed by atoms with E-state index < -0.39 is 5.91 Å². The smallest absolute Gasteiger partial charge is 0.250 e. The molecule has 2 heterocycles. The number of ether oxygens (including phenoxy) is 1. The minimum absolute atomic E-state index is 0.0190. The van der Waals surface area contributed by atoms with Crippen LogP contribution in [0.2, 0.25) is 0 Å². The lowest BCUT2D eigenvalue weighted by Crippen LogP contribution is -2.40. The van der Waals surface area contributed by atoms with E-state index in [-0.39, 0.29) is 23.1 Å². The number of carbonyl (C=O) groups excluding carboxylic acids is 2. The highest BCUT2D eigenvalue weighted by Gasteiger charge is 2.26. The first kappa shape index (κ1) is 22.0. The molecular formula is C21H25N7O3. The predicted octanol–water partition coefficient (Wildman–Crippen LogP) is 1.71. The Labute approximate surface area is 180 Å². The fourth-order valence-corrected chi connectivity index (χ4v) is 3.46. The molecule has 0 aliphatic carbocycles. The zero-order chi connectivity index (χ0) is 22.5. The molecule has 3 N–H and O–H groups in total. The molecule has 0 atom stereocenters. The van der Waals surface area contributed by atoms with Gasteiger partial charge in [0.2, 0.25) is 18.3 Å². The van der Waals surface area contributed by atoms with Gasteiger partial charge in [-0.1, -0.05) is 0 Å². The van der Waals surface area contributed by atoms with E-state index in [1.54, 1.807) is 24.1 Å². The third-order valence-electron chi connectivity index (χ3n) is 5.17.